The number of nitrogens with one attached hydrogen (secondary N) is 10. The van der Waals surface area contributed by atoms with Crippen LogP contribution in [0.1, 0.15) is 210 Å². The lowest BCUT2D eigenvalue weighted by Crippen LogP contribution is -2.54. The number of esters is 1. The van der Waals surface area contributed by atoms with Gasteiger partial charge in [0, 0.05) is 110 Å². The van der Waals surface area contributed by atoms with E-state index in [1.165, 1.54) is 89.8 Å². The topological polar surface area (TPSA) is 388 Å². The highest BCUT2D eigenvalue weighted by Crippen LogP contribution is 2.48. The van der Waals surface area contributed by atoms with E-state index < -0.39 is 139 Å². The Labute approximate surface area is 880 Å². The third kappa shape index (κ3) is 40.5. The highest BCUT2D eigenvalue weighted by atomic mass is 33.1. The maximum Gasteiger partial charge on any atom is 0.407 e. The number of fused-ring (bicyclic) bond motifs is 6. The summed E-state index contributed by atoms with van der Waals surface area (Å²) in [6.07, 6.45) is -0.0883. The van der Waals surface area contributed by atoms with Crippen molar-refractivity contribution >= 4 is 163 Å². The fourth-order valence-corrected chi connectivity index (χ4v) is 26.1. The molecular formula is C108H142N10O18S8. The molecule has 0 radical (unpaired) electrons. The van der Waals surface area contributed by atoms with E-state index in [9.17, 15) is 52.7 Å². The van der Waals surface area contributed by atoms with Crippen LogP contribution in [0.3, 0.4) is 0 Å². The van der Waals surface area contributed by atoms with Crippen LogP contribution < -0.4 is 67.4 Å². The van der Waals surface area contributed by atoms with E-state index >= 15 is 9.59 Å². The first-order chi connectivity index (χ1) is 68.5. The number of ketones is 3. The molecule has 36 heteroatoms. The van der Waals surface area contributed by atoms with Crippen LogP contribution in [-0.4, -0.2) is 217 Å². The lowest BCUT2D eigenvalue weighted by Gasteiger charge is -2.26. The summed E-state index contributed by atoms with van der Waals surface area (Å²) in [5, 5.41) is 28.2. The fourth-order valence-electron chi connectivity index (χ4n) is 15.9. The lowest BCUT2D eigenvalue weighted by atomic mass is 9.84. The molecule has 9 rings (SSSR count). The second-order valence-corrected chi connectivity index (χ2v) is 52.3. The number of ether oxygens (including phenoxy) is 5. The molecule has 7 aromatic rings. The minimum atomic E-state index is -1.18. The van der Waals surface area contributed by atoms with Gasteiger partial charge in [-0.1, -0.05) is 321 Å². The number of hydrogen-bond donors (Lipinski definition) is 10. The summed E-state index contributed by atoms with van der Waals surface area (Å²) in [4.78, 5) is 185. The molecular weight excluding hydrogens is 1980 g/mol. The normalized spacial score (nSPS) is 13.8. The molecule has 9 amide bonds. The molecule has 0 spiro atoms. The number of amides is 9. The zero-order valence-corrected chi connectivity index (χ0v) is 91.9. The van der Waals surface area contributed by atoms with E-state index in [1.807, 2.05) is 224 Å². The van der Waals surface area contributed by atoms with E-state index in [-0.39, 0.29) is 137 Å². The quantitative estimate of drug-likeness (QED) is 0.00961. The number of methoxy groups -OCH3 is 2. The highest BCUT2D eigenvalue weighted by molar-refractivity contribution is 8.78. The third-order valence-electron chi connectivity index (χ3n) is 23.1. The molecule has 0 aliphatic heterocycles. The number of unbranched alkanes of at least 4 members (excludes halogenated alkanes) is 2. The van der Waals surface area contributed by atoms with Crippen molar-refractivity contribution in [1.29, 1.82) is 0 Å². The molecule has 2 aliphatic carbocycles. The number of benzene rings is 7. The van der Waals surface area contributed by atoms with Crippen molar-refractivity contribution in [3.63, 3.8) is 0 Å². The van der Waals surface area contributed by atoms with Gasteiger partial charge in [0.2, 0.25) is 41.4 Å². The van der Waals surface area contributed by atoms with Crippen LogP contribution in [0.5, 0.6) is 17.2 Å². The van der Waals surface area contributed by atoms with Crippen molar-refractivity contribution in [3.05, 3.63) is 208 Å². The van der Waals surface area contributed by atoms with Crippen molar-refractivity contribution in [3.8, 4) is 39.5 Å². The summed E-state index contributed by atoms with van der Waals surface area (Å²) < 4.78 is 28.4. The van der Waals surface area contributed by atoms with Crippen molar-refractivity contribution in [2.24, 2.45) is 17.8 Å². The van der Waals surface area contributed by atoms with Gasteiger partial charge in [-0.15, -0.1) is 0 Å². The van der Waals surface area contributed by atoms with Gasteiger partial charge in [0.15, 0.2) is 24.0 Å². The third-order valence-corrected chi connectivity index (χ3v) is 36.7. The molecule has 7 aromatic carbocycles. The second kappa shape index (κ2) is 58.7. The molecule has 0 aromatic heterocycles. The van der Waals surface area contributed by atoms with Gasteiger partial charge in [0.05, 0.1) is 64.7 Å². The molecule has 10 N–H and O–H groups in total. The molecule has 144 heavy (non-hydrogen) atoms. The Kier molecular flexibility index (Phi) is 48.0. The Balaban J connectivity index is 0.871. The minimum Gasteiger partial charge on any atom is -0.497 e. The molecule has 780 valence electrons. The standard InChI is InChI=1S/C108H142N10O18S8/c1-68-39-41-69(42-40-68)56-111-97(124)63-134-76-45-43-70(44-46-76)87(86-48-47-77(132-15)54-94(86)133-16)55-93(121)90(38-26-27-49-109-14)117-101(128)71(51-74(119)57-112-99(126)72(64-137-141-105(2,3)4)52-75(120)58-113-100(127)73(65-138-142-106(5,6)7)53-98(125)135-61-88-82-34-21-17-30-78(82)79-31-18-22-35-83(79)88)29-25-28-50-110-95(122)59-114-102(129)91(66-139-143-107(8,9)10)116-96(123)60-115-103(130)92(67-140-144-108(11,12)13)118-104(131)136-62-89-84-36-23-19-32-80(84)81-33-20-24-37-85(81)89/h17-24,30-37,39-48,54,71-73,87-92,109H,25-29,38,49-53,55-67H2,1-16H3,(H,110,122)(H,111,124)(H,112,126)(H,113,127)(H,114,129)(H,115,130)(H,116,123)(H,117,128)(H,118,131)/t71-,72+,73+,87?,90+,91+,92+/m1/s1. The molecule has 0 heterocycles. The molecule has 0 saturated heterocycles. The number of carbonyl (C=O) groups excluding carboxylic acids is 13. The highest BCUT2D eigenvalue weighted by Gasteiger charge is 2.37. The number of carbonyl (C=O) groups is 13. The first-order valence-electron chi connectivity index (χ1n) is 48.7. The number of aryl methyl sites for hydroxylation is 1. The van der Waals surface area contributed by atoms with Crippen LogP contribution in [0.25, 0.3) is 22.3 Å². The summed E-state index contributed by atoms with van der Waals surface area (Å²) in [5.41, 5.74) is 11.7. The molecule has 1 unspecified atom stereocenters. The second-order valence-electron chi connectivity index (χ2n) is 39.6. The monoisotopic (exact) mass is 2120 g/mol. The fraction of sp³-hybridized carbons (Fsp3) is 0.491. The number of alkyl carbamates (subject to hydrolysis) is 1. The van der Waals surface area contributed by atoms with Crippen molar-refractivity contribution in [2.75, 3.05) is 103 Å². The smallest absolute Gasteiger partial charge is 0.407 e. The molecule has 0 saturated carbocycles. The van der Waals surface area contributed by atoms with Crippen LogP contribution in [0, 0.1) is 24.7 Å². The van der Waals surface area contributed by atoms with Crippen molar-refractivity contribution in [1.82, 2.24) is 53.2 Å². The molecule has 0 bridgehead atoms. The summed E-state index contributed by atoms with van der Waals surface area (Å²) in [7, 11) is 16.4. The number of hydrogen-bond acceptors (Lipinski definition) is 27. The van der Waals surface area contributed by atoms with Gasteiger partial charge in [0.1, 0.15) is 42.5 Å². The summed E-state index contributed by atoms with van der Waals surface area (Å²) >= 11 is 0. The first kappa shape index (κ1) is 118. The van der Waals surface area contributed by atoms with Crippen LogP contribution >= 0.6 is 86.4 Å². The maximum atomic E-state index is 15.5. The predicted octanol–water partition coefficient (Wildman–Crippen LogP) is 17.0. The molecule has 7 atom stereocenters. The largest absolute Gasteiger partial charge is 0.497 e. The lowest BCUT2D eigenvalue weighted by molar-refractivity contribution is -0.146. The van der Waals surface area contributed by atoms with Gasteiger partial charge >= 0.3 is 12.1 Å². The summed E-state index contributed by atoms with van der Waals surface area (Å²) in [6, 6.07) is 48.6. The first-order valence-corrected chi connectivity index (χ1v) is 58.0. The minimum absolute atomic E-state index is 0.00966. The van der Waals surface area contributed by atoms with Gasteiger partial charge < -0.3 is 76.9 Å². The van der Waals surface area contributed by atoms with Gasteiger partial charge in [0.25, 0.3) is 5.91 Å². The van der Waals surface area contributed by atoms with Gasteiger partial charge in [-0.2, -0.15) is 0 Å². The zero-order chi connectivity index (χ0) is 105. The van der Waals surface area contributed by atoms with E-state index in [4.69, 9.17) is 23.7 Å². The predicted molar refractivity (Wildman–Crippen MR) is 587 cm³/mol. The van der Waals surface area contributed by atoms with Crippen molar-refractivity contribution in [2.45, 2.75) is 216 Å². The number of rotatable bonds is 60. The van der Waals surface area contributed by atoms with Gasteiger partial charge in [-0.25, -0.2) is 4.79 Å². The SMILES string of the molecule is CNCCCC[C@H](NC(=O)[C@H](CCCCNC(=O)CNC(=O)[C@H](CSSC(C)(C)C)NC(=O)CNC(=O)[C@H](CSSC(C)(C)C)NC(=O)OCC1c2ccccc2-c2ccccc21)CC(=O)CNC(=O)[C@H](CSSC(C)(C)C)CC(=O)CNC(=O)[C@H](CSSC(C)(C)C)CC(=O)OCC1c2ccccc2-c2ccccc21)C(=O)CC(c1ccc(OCC(=O)NCc2ccc(C)cc2)cc1)c1ccc(OC)cc1OC. The van der Waals surface area contributed by atoms with Crippen molar-refractivity contribution < 1.29 is 86.0 Å². The van der Waals surface area contributed by atoms with Crippen LogP contribution in [-0.2, 0) is 73.6 Å². The Morgan fingerprint density at radius 3 is 1.34 bits per heavy atom. The molecule has 0 fully saturated rings. The average Bonchev–Trinajstić information content (AvgIpc) is 1.62. The summed E-state index contributed by atoms with van der Waals surface area (Å²) in [5.74, 6) is -8.90. The van der Waals surface area contributed by atoms with Crippen LogP contribution in [0.15, 0.2) is 164 Å². The zero-order valence-electron chi connectivity index (χ0n) is 85.4. The molecule has 28 nitrogen and oxygen atoms in total. The van der Waals surface area contributed by atoms with Gasteiger partial charge in [-0.3, -0.25) is 57.5 Å². The Morgan fingerprint density at radius 1 is 0.389 bits per heavy atom. The van der Waals surface area contributed by atoms with Crippen LogP contribution in [0.2, 0.25) is 0 Å². The van der Waals surface area contributed by atoms with E-state index in [0.29, 0.717) is 54.3 Å². The maximum absolute atomic E-state index is 15.5. The Bertz CT molecular complexity index is 5390. The number of Topliss-reactive ketones (excluding diaryl/α,β-unsaturated/α-hetero) is 3. The van der Waals surface area contributed by atoms with Crippen LogP contribution in [0.4, 0.5) is 4.79 Å². The summed E-state index contributed by atoms with van der Waals surface area (Å²) in [6.45, 7) is 24.8. The average molecular weight is 2120 g/mol. The van der Waals surface area contributed by atoms with Gasteiger partial charge in [-0.05, 0) is 126 Å². The Morgan fingerprint density at radius 2 is 0.840 bits per heavy atom. The van der Waals surface area contributed by atoms with E-state index in [1.54, 1.807) is 47.2 Å². The van der Waals surface area contributed by atoms with E-state index in [2.05, 4.69) is 53.2 Å². The molecule has 2 aliphatic rings. The van der Waals surface area contributed by atoms with E-state index in [0.717, 1.165) is 55.6 Å². The Hall–Kier alpha value is -9.79.